The molecule has 96 valence electrons. The number of azo groups is 1. The van der Waals surface area contributed by atoms with Gasteiger partial charge in [-0.3, -0.25) is 0 Å². The fourth-order valence-electron chi connectivity index (χ4n) is 1.75. The molecule has 5 nitrogen and oxygen atoms in total. The van der Waals surface area contributed by atoms with Gasteiger partial charge in [-0.2, -0.15) is 10.2 Å². The standard InChI is InChI=1S/C13H19N5/c1-9(2)12-7-10(5-6-11(12)8-14)13(17-15-3)18-16-4/h5-7,9H,3,8,14H2,1-2,4H3/b17-13-,18-16?. The summed E-state index contributed by atoms with van der Waals surface area (Å²) in [7, 11) is 1.59. The number of benzene rings is 1. The van der Waals surface area contributed by atoms with Crippen molar-refractivity contribution in [3.8, 4) is 0 Å². The zero-order chi connectivity index (χ0) is 13.5. The lowest BCUT2D eigenvalue weighted by Gasteiger charge is -2.12. The molecule has 0 saturated carbocycles. The Bertz CT molecular complexity index is 474. The number of nitrogens with zero attached hydrogens (tertiary/aromatic N) is 4. The van der Waals surface area contributed by atoms with Gasteiger partial charge in [-0.05, 0) is 23.1 Å². The molecular formula is C13H19N5. The highest BCUT2D eigenvalue weighted by molar-refractivity contribution is 5.99. The van der Waals surface area contributed by atoms with Gasteiger partial charge in [-0.25, -0.2) is 0 Å². The fraction of sp³-hybridized carbons (Fsp3) is 0.385. The summed E-state index contributed by atoms with van der Waals surface area (Å²) in [6.07, 6.45) is 0. The minimum atomic E-state index is 0.389. The minimum absolute atomic E-state index is 0.389. The van der Waals surface area contributed by atoms with E-state index in [-0.39, 0.29) is 0 Å². The van der Waals surface area contributed by atoms with Crippen LogP contribution in [-0.4, -0.2) is 19.6 Å². The van der Waals surface area contributed by atoms with Crippen molar-refractivity contribution in [3.05, 3.63) is 34.9 Å². The molecule has 0 unspecified atom stereocenters. The first-order chi connectivity index (χ1) is 8.63. The lowest BCUT2D eigenvalue weighted by atomic mass is 9.95. The van der Waals surface area contributed by atoms with Gasteiger partial charge < -0.3 is 5.73 Å². The largest absolute Gasteiger partial charge is 0.326 e. The van der Waals surface area contributed by atoms with Crippen LogP contribution in [0.2, 0.25) is 0 Å². The Morgan fingerprint density at radius 1 is 1.39 bits per heavy atom. The molecule has 0 atom stereocenters. The molecule has 0 aliphatic heterocycles. The van der Waals surface area contributed by atoms with Crippen LogP contribution in [0.1, 0.15) is 36.5 Å². The van der Waals surface area contributed by atoms with E-state index in [1.54, 1.807) is 7.05 Å². The van der Waals surface area contributed by atoms with Gasteiger partial charge in [-0.1, -0.05) is 26.0 Å². The fourth-order valence-corrected chi connectivity index (χ4v) is 1.75. The van der Waals surface area contributed by atoms with Crippen LogP contribution in [0, 0.1) is 0 Å². The summed E-state index contributed by atoms with van der Waals surface area (Å²) in [6, 6.07) is 5.95. The molecule has 0 radical (unpaired) electrons. The molecule has 1 aromatic rings. The molecule has 0 bridgehead atoms. The highest BCUT2D eigenvalue weighted by Crippen LogP contribution is 2.21. The maximum absolute atomic E-state index is 5.73. The predicted octanol–water partition coefficient (Wildman–Crippen LogP) is 2.71. The van der Waals surface area contributed by atoms with Crippen molar-refractivity contribution >= 4 is 12.6 Å². The third kappa shape index (κ3) is 3.30. The normalized spacial score (nSPS) is 12.4. The van der Waals surface area contributed by atoms with Crippen LogP contribution in [0.15, 0.2) is 38.6 Å². The Kier molecular flexibility index (Phi) is 5.32. The van der Waals surface area contributed by atoms with Crippen LogP contribution in [0.25, 0.3) is 0 Å². The van der Waals surface area contributed by atoms with Crippen molar-refractivity contribution in [3.63, 3.8) is 0 Å². The Balaban J connectivity index is 3.29. The van der Waals surface area contributed by atoms with Gasteiger partial charge in [0.1, 0.15) is 0 Å². The van der Waals surface area contributed by atoms with E-state index < -0.39 is 0 Å². The molecule has 1 aromatic carbocycles. The van der Waals surface area contributed by atoms with E-state index in [1.807, 2.05) is 18.2 Å². The Morgan fingerprint density at radius 3 is 2.61 bits per heavy atom. The molecule has 0 aliphatic rings. The second-order valence-corrected chi connectivity index (χ2v) is 4.14. The third-order valence-electron chi connectivity index (χ3n) is 2.61. The summed E-state index contributed by atoms with van der Waals surface area (Å²) in [4.78, 5) is 0. The minimum Gasteiger partial charge on any atom is -0.326 e. The van der Waals surface area contributed by atoms with Crippen LogP contribution in [0.3, 0.4) is 0 Å². The van der Waals surface area contributed by atoms with Gasteiger partial charge in [0, 0.05) is 25.9 Å². The first-order valence-corrected chi connectivity index (χ1v) is 5.80. The predicted molar refractivity (Wildman–Crippen MR) is 75.3 cm³/mol. The SMILES string of the molecule is C=N/N=C(\N=NC)c1ccc(CN)c(C(C)C)c1. The Hall–Kier alpha value is -1.88. The number of rotatable bonds is 4. The van der Waals surface area contributed by atoms with E-state index in [1.165, 1.54) is 5.56 Å². The van der Waals surface area contributed by atoms with Crippen LogP contribution < -0.4 is 5.73 Å². The van der Waals surface area contributed by atoms with Gasteiger partial charge in [0.2, 0.25) is 5.84 Å². The lowest BCUT2D eigenvalue weighted by Crippen LogP contribution is -2.06. The van der Waals surface area contributed by atoms with Crippen molar-refractivity contribution in [2.24, 2.45) is 26.2 Å². The number of hydrogen-bond acceptors (Lipinski definition) is 4. The topological polar surface area (TPSA) is 75.5 Å². The summed E-state index contributed by atoms with van der Waals surface area (Å²) in [5.41, 5.74) is 8.93. The van der Waals surface area contributed by atoms with Gasteiger partial charge >= 0.3 is 0 Å². The third-order valence-corrected chi connectivity index (χ3v) is 2.61. The summed E-state index contributed by atoms with van der Waals surface area (Å²) in [5, 5.41) is 15.1. The first-order valence-electron chi connectivity index (χ1n) is 5.80. The summed E-state index contributed by atoms with van der Waals surface area (Å²) in [5.74, 6) is 0.845. The van der Waals surface area contributed by atoms with Gasteiger partial charge in [0.05, 0.1) is 0 Å². The van der Waals surface area contributed by atoms with Gasteiger partial charge in [-0.15, -0.1) is 10.2 Å². The molecule has 5 heteroatoms. The molecule has 0 aliphatic carbocycles. The average Bonchev–Trinajstić information content (AvgIpc) is 2.37. The Labute approximate surface area is 108 Å². The molecule has 18 heavy (non-hydrogen) atoms. The maximum atomic E-state index is 5.73. The number of nitrogens with two attached hydrogens (primary N) is 1. The summed E-state index contributed by atoms with van der Waals surface area (Å²) in [6.45, 7) is 8.12. The van der Waals surface area contributed by atoms with Crippen molar-refractivity contribution in [2.45, 2.75) is 26.3 Å². The molecule has 0 heterocycles. The van der Waals surface area contributed by atoms with Crippen LogP contribution in [-0.2, 0) is 6.54 Å². The summed E-state index contributed by atoms with van der Waals surface area (Å²) >= 11 is 0. The van der Waals surface area contributed by atoms with Crippen molar-refractivity contribution in [2.75, 3.05) is 7.05 Å². The second-order valence-electron chi connectivity index (χ2n) is 4.14. The molecule has 0 fully saturated rings. The zero-order valence-corrected chi connectivity index (χ0v) is 11.1. The Morgan fingerprint density at radius 2 is 2.11 bits per heavy atom. The molecule has 0 saturated heterocycles. The molecule has 0 amide bonds. The monoisotopic (exact) mass is 245 g/mol. The first kappa shape index (κ1) is 14.2. The van der Waals surface area contributed by atoms with Gasteiger partial charge in [0.15, 0.2) is 0 Å². The van der Waals surface area contributed by atoms with Crippen LogP contribution in [0.4, 0.5) is 0 Å². The average molecular weight is 245 g/mol. The quantitative estimate of drug-likeness (QED) is 0.376. The van der Waals surface area contributed by atoms with Crippen LogP contribution >= 0.6 is 0 Å². The van der Waals surface area contributed by atoms with E-state index in [9.17, 15) is 0 Å². The van der Waals surface area contributed by atoms with E-state index in [4.69, 9.17) is 5.73 Å². The van der Waals surface area contributed by atoms with E-state index >= 15 is 0 Å². The summed E-state index contributed by atoms with van der Waals surface area (Å²) < 4.78 is 0. The van der Waals surface area contributed by atoms with Crippen molar-refractivity contribution < 1.29 is 0 Å². The highest BCUT2D eigenvalue weighted by Gasteiger charge is 2.10. The molecule has 0 aromatic heterocycles. The van der Waals surface area contributed by atoms with Crippen LogP contribution in [0.5, 0.6) is 0 Å². The van der Waals surface area contributed by atoms with Crippen molar-refractivity contribution in [1.82, 2.24) is 0 Å². The number of amidine groups is 1. The van der Waals surface area contributed by atoms with E-state index in [0.29, 0.717) is 18.3 Å². The molecule has 1 rings (SSSR count). The highest BCUT2D eigenvalue weighted by atomic mass is 15.3. The van der Waals surface area contributed by atoms with E-state index in [0.717, 1.165) is 11.1 Å². The second kappa shape index (κ2) is 6.76. The molecule has 0 spiro atoms. The zero-order valence-electron chi connectivity index (χ0n) is 11.1. The molecule has 2 N–H and O–H groups in total. The smallest absolute Gasteiger partial charge is 0.203 e. The molecular weight excluding hydrogens is 226 g/mol. The lowest BCUT2D eigenvalue weighted by molar-refractivity contribution is 0.839. The van der Waals surface area contributed by atoms with Crippen molar-refractivity contribution in [1.29, 1.82) is 0 Å². The van der Waals surface area contributed by atoms with E-state index in [2.05, 4.69) is 41.0 Å². The maximum Gasteiger partial charge on any atom is 0.203 e. The van der Waals surface area contributed by atoms with Gasteiger partial charge in [0.25, 0.3) is 0 Å². The number of hydrogen-bond donors (Lipinski definition) is 1.